The van der Waals surface area contributed by atoms with Gasteiger partial charge in [0.05, 0.1) is 6.10 Å². The van der Waals surface area contributed by atoms with Crippen LogP contribution in [0.15, 0.2) is 30.3 Å². The Labute approximate surface area is 110 Å². The van der Waals surface area contributed by atoms with Gasteiger partial charge in [-0.2, -0.15) is 0 Å². The van der Waals surface area contributed by atoms with E-state index in [1.54, 1.807) is 0 Å². The molecule has 0 spiro atoms. The maximum absolute atomic E-state index is 9.96. The lowest BCUT2D eigenvalue weighted by atomic mass is 10.0. The first-order chi connectivity index (χ1) is 8.66. The van der Waals surface area contributed by atoms with Crippen LogP contribution >= 0.6 is 0 Å². The minimum Gasteiger partial charge on any atom is -0.392 e. The minimum absolute atomic E-state index is 0.227. The lowest BCUT2D eigenvalue weighted by molar-refractivity contribution is 0.141. The number of rotatable bonds is 7. The molecule has 2 N–H and O–H groups in total. The average Bonchev–Trinajstić information content (AvgIpc) is 3.14. The summed E-state index contributed by atoms with van der Waals surface area (Å²) >= 11 is 0. The maximum atomic E-state index is 9.96. The number of hydrogen-bond donors (Lipinski definition) is 2. The van der Waals surface area contributed by atoms with E-state index in [1.807, 2.05) is 0 Å². The molecule has 1 saturated carbocycles. The Morgan fingerprint density at radius 2 is 1.89 bits per heavy atom. The molecule has 2 unspecified atom stereocenters. The van der Waals surface area contributed by atoms with Crippen molar-refractivity contribution in [2.75, 3.05) is 6.54 Å². The van der Waals surface area contributed by atoms with Crippen LogP contribution in [0.1, 0.15) is 44.7 Å². The van der Waals surface area contributed by atoms with Gasteiger partial charge in [-0.25, -0.2) is 0 Å². The molecule has 18 heavy (non-hydrogen) atoms. The second-order valence-corrected chi connectivity index (χ2v) is 5.92. The number of hydrogen-bond acceptors (Lipinski definition) is 2. The first-order valence-corrected chi connectivity index (χ1v) is 7.13. The summed E-state index contributed by atoms with van der Waals surface area (Å²) in [5, 5.41) is 13.5. The molecule has 100 valence electrons. The van der Waals surface area contributed by atoms with Crippen molar-refractivity contribution < 1.29 is 5.11 Å². The molecule has 1 aliphatic rings. The quantitative estimate of drug-likeness (QED) is 0.776. The molecule has 0 aromatic heterocycles. The standard InChI is InChI=1S/C16H25NO/c1-12(2)10-15(18)11-17-16(14-8-9-14)13-6-4-3-5-7-13/h3-7,12,14-18H,8-11H2,1-2H3. The predicted molar refractivity (Wildman–Crippen MR) is 75.4 cm³/mol. The van der Waals surface area contributed by atoms with Crippen molar-refractivity contribution in [2.45, 2.75) is 45.3 Å². The molecule has 0 heterocycles. The highest BCUT2D eigenvalue weighted by Crippen LogP contribution is 2.40. The van der Waals surface area contributed by atoms with E-state index in [2.05, 4.69) is 49.5 Å². The van der Waals surface area contributed by atoms with Gasteiger partial charge in [0, 0.05) is 12.6 Å². The van der Waals surface area contributed by atoms with Crippen molar-refractivity contribution in [3.05, 3.63) is 35.9 Å². The van der Waals surface area contributed by atoms with Gasteiger partial charge in [0.25, 0.3) is 0 Å². The fourth-order valence-electron chi connectivity index (χ4n) is 2.54. The van der Waals surface area contributed by atoms with E-state index in [4.69, 9.17) is 0 Å². The van der Waals surface area contributed by atoms with Gasteiger partial charge in [0.1, 0.15) is 0 Å². The van der Waals surface area contributed by atoms with Gasteiger partial charge in [-0.1, -0.05) is 44.2 Å². The zero-order valence-electron chi connectivity index (χ0n) is 11.5. The maximum Gasteiger partial charge on any atom is 0.0667 e. The van der Waals surface area contributed by atoms with Crippen molar-refractivity contribution in [2.24, 2.45) is 11.8 Å². The van der Waals surface area contributed by atoms with Crippen LogP contribution in [0.4, 0.5) is 0 Å². The number of nitrogens with one attached hydrogen (secondary N) is 1. The van der Waals surface area contributed by atoms with Gasteiger partial charge in [-0.3, -0.25) is 0 Å². The highest BCUT2D eigenvalue weighted by Gasteiger charge is 2.32. The third kappa shape index (κ3) is 4.11. The summed E-state index contributed by atoms with van der Waals surface area (Å²) in [4.78, 5) is 0. The fourth-order valence-corrected chi connectivity index (χ4v) is 2.54. The molecule has 1 aromatic rings. The van der Waals surface area contributed by atoms with E-state index in [0.717, 1.165) is 12.3 Å². The Bertz CT molecular complexity index is 345. The number of aliphatic hydroxyl groups is 1. The molecule has 1 fully saturated rings. The largest absolute Gasteiger partial charge is 0.392 e. The lowest BCUT2D eigenvalue weighted by Crippen LogP contribution is -2.32. The van der Waals surface area contributed by atoms with Crippen LogP contribution in [0.25, 0.3) is 0 Å². The van der Waals surface area contributed by atoms with Gasteiger partial charge in [-0.15, -0.1) is 0 Å². The molecule has 0 radical (unpaired) electrons. The predicted octanol–water partition coefficient (Wildman–Crippen LogP) is 3.13. The second kappa shape index (κ2) is 6.35. The van der Waals surface area contributed by atoms with Gasteiger partial charge in [0.2, 0.25) is 0 Å². The summed E-state index contributed by atoms with van der Waals surface area (Å²) in [7, 11) is 0. The molecular formula is C16H25NO. The average molecular weight is 247 g/mol. The van der Waals surface area contributed by atoms with E-state index in [1.165, 1.54) is 18.4 Å². The Balaban J connectivity index is 1.88. The normalized spacial score (nSPS) is 18.9. The Morgan fingerprint density at radius 3 is 2.44 bits per heavy atom. The van der Waals surface area contributed by atoms with E-state index >= 15 is 0 Å². The summed E-state index contributed by atoms with van der Waals surface area (Å²) in [6.07, 6.45) is 3.27. The smallest absolute Gasteiger partial charge is 0.0667 e. The monoisotopic (exact) mass is 247 g/mol. The van der Waals surface area contributed by atoms with Gasteiger partial charge < -0.3 is 10.4 Å². The zero-order chi connectivity index (χ0) is 13.0. The molecule has 1 aliphatic carbocycles. The summed E-state index contributed by atoms with van der Waals surface area (Å²) in [5.74, 6) is 1.32. The second-order valence-electron chi connectivity index (χ2n) is 5.92. The zero-order valence-corrected chi connectivity index (χ0v) is 11.5. The minimum atomic E-state index is -0.227. The molecular weight excluding hydrogens is 222 g/mol. The molecule has 0 amide bonds. The Kier molecular flexibility index (Phi) is 4.79. The van der Waals surface area contributed by atoms with Crippen molar-refractivity contribution in [3.8, 4) is 0 Å². The Hall–Kier alpha value is -0.860. The van der Waals surface area contributed by atoms with Crippen LogP contribution in [-0.2, 0) is 0 Å². The van der Waals surface area contributed by atoms with E-state index in [-0.39, 0.29) is 6.10 Å². The fraction of sp³-hybridized carbons (Fsp3) is 0.625. The van der Waals surface area contributed by atoms with Crippen LogP contribution in [-0.4, -0.2) is 17.8 Å². The van der Waals surface area contributed by atoms with Crippen molar-refractivity contribution in [3.63, 3.8) is 0 Å². The molecule has 0 saturated heterocycles. The van der Waals surface area contributed by atoms with Crippen molar-refractivity contribution in [1.82, 2.24) is 5.32 Å². The van der Waals surface area contributed by atoms with Crippen LogP contribution in [0, 0.1) is 11.8 Å². The van der Waals surface area contributed by atoms with E-state index in [0.29, 0.717) is 18.5 Å². The molecule has 2 nitrogen and oxygen atoms in total. The first kappa shape index (κ1) is 13.6. The molecule has 0 aliphatic heterocycles. The first-order valence-electron chi connectivity index (χ1n) is 7.13. The van der Waals surface area contributed by atoms with Gasteiger partial charge in [0.15, 0.2) is 0 Å². The number of aliphatic hydroxyl groups excluding tert-OH is 1. The van der Waals surface area contributed by atoms with Crippen LogP contribution in [0.3, 0.4) is 0 Å². The van der Waals surface area contributed by atoms with Crippen molar-refractivity contribution >= 4 is 0 Å². The van der Waals surface area contributed by atoms with Crippen molar-refractivity contribution in [1.29, 1.82) is 0 Å². The summed E-state index contributed by atoms with van der Waals surface area (Å²) in [6.45, 7) is 5.01. The van der Waals surface area contributed by atoms with Crippen LogP contribution in [0.2, 0.25) is 0 Å². The van der Waals surface area contributed by atoms with E-state index < -0.39 is 0 Å². The summed E-state index contributed by atoms with van der Waals surface area (Å²) in [6, 6.07) is 11.0. The molecule has 2 heteroatoms. The SMILES string of the molecule is CC(C)CC(O)CNC(c1ccccc1)C1CC1. The van der Waals surface area contributed by atoms with Crippen LogP contribution in [0.5, 0.6) is 0 Å². The van der Waals surface area contributed by atoms with Gasteiger partial charge in [-0.05, 0) is 36.7 Å². The van der Waals surface area contributed by atoms with Gasteiger partial charge >= 0.3 is 0 Å². The third-order valence-corrected chi connectivity index (χ3v) is 3.57. The molecule has 2 rings (SSSR count). The summed E-state index contributed by atoms with van der Waals surface area (Å²) in [5.41, 5.74) is 1.36. The molecule has 0 bridgehead atoms. The highest BCUT2D eigenvalue weighted by atomic mass is 16.3. The third-order valence-electron chi connectivity index (χ3n) is 3.57. The lowest BCUT2D eigenvalue weighted by Gasteiger charge is -2.21. The molecule has 2 atom stereocenters. The highest BCUT2D eigenvalue weighted by molar-refractivity contribution is 5.21. The number of benzene rings is 1. The summed E-state index contributed by atoms with van der Waals surface area (Å²) < 4.78 is 0. The topological polar surface area (TPSA) is 32.3 Å². The Morgan fingerprint density at radius 1 is 1.22 bits per heavy atom. The van der Waals surface area contributed by atoms with E-state index in [9.17, 15) is 5.11 Å². The molecule has 1 aromatic carbocycles. The van der Waals surface area contributed by atoms with Crippen LogP contribution < -0.4 is 5.32 Å².